The van der Waals surface area contributed by atoms with Gasteiger partial charge in [-0.05, 0) is 36.7 Å². The van der Waals surface area contributed by atoms with Crippen LogP contribution in [0.1, 0.15) is 37.7 Å². The van der Waals surface area contributed by atoms with E-state index in [9.17, 15) is 0 Å². The van der Waals surface area contributed by atoms with E-state index in [1.165, 1.54) is 42.9 Å². The summed E-state index contributed by atoms with van der Waals surface area (Å²) in [6, 6.07) is 8.94. The first-order valence-corrected chi connectivity index (χ1v) is 9.35. The van der Waals surface area contributed by atoms with E-state index in [1.54, 1.807) is 0 Å². The van der Waals surface area contributed by atoms with Gasteiger partial charge in [0.2, 0.25) is 8.32 Å². The molecule has 3 rings (SSSR count). The third kappa shape index (κ3) is 1.40. The highest BCUT2D eigenvalue weighted by Crippen LogP contribution is 2.46. The van der Waals surface area contributed by atoms with Crippen molar-refractivity contribution in [2.75, 3.05) is 0 Å². The van der Waals surface area contributed by atoms with Crippen LogP contribution in [0.25, 0.3) is 0 Å². The summed E-state index contributed by atoms with van der Waals surface area (Å²) in [7, 11) is -1.62. The smallest absolute Gasteiger partial charge is 0.219 e. The normalized spacial score (nSPS) is 25.6. The van der Waals surface area contributed by atoms with Gasteiger partial charge in [-0.25, -0.2) is 0 Å². The van der Waals surface area contributed by atoms with Crippen molar-refractivity contribution in [1.29, 1.82) is 0 Å². The van der Waals surface area contributed by atoms with Crippen LogP contribution >= 0.6 is 0 Å². The first-order chi connectivity index (χ1) is 7.64. The Kier molecular flexibility index (Phi) is 2.27. The van der Waals surface area contributed by atoms with Gasteiger partial charge in [-0.15, -0.1) is 0 Å². The Morgan fingerprint density at radius 1 is 1.06 bits per heavy atom. The first kappa shape index (κ1) is 10.5. The minimum atomic E-state index is -1.62. The molecule has 0 N–H and O–H groups in total. The molecule has 2 heteroatoms. The Labute approximate surface area is 99.0 Å². The van der Waals surface area contributed by atoms with E-state index >= 15 is 0 Å². The molecule has 1 nitrogen and oxygen atoms in total. The minimum absolute atomic E-state index is 0.102. The lowest BCUT2D eigenvalue weighted by molar-refractivity contribution is 0.0314. The van der Waals surface area contributed by atoms with Crippen molar-refractivity contribution in [2.45, 2.75) is 50.8 Å². The third-order valence-corrected chi connectivity index (χ3v) is 6.81. The number of rotatable bonds is 0. The van der Waals surface area contributed by atoms with E-state index in [4.69, 9.17) is 4.43 Å². The van der Waals surface area contributed by atoms with Gasteiger partial charge in [0.1, 0.15) is 0 Å². The molecule has 2 aliphatic rings. The molecule has 1 aromatic rings. The van der Waals surface area contributed by atoms with Gasteiger partial charge in [-0.3, -0.25) is 0 Å². The van der Waals surface area contributed by atoms with Crippen molar-refractivity contribution in [3.63, 3.8) is 0 Å². The van der Waals surface area contributed by atoms with Gasteiger partial charge in [-0.1, -0.05) is 43.5 Å². The molecule has 1 spiro atoms. The summed E-state index contributed by atoms with van der Waals surface area (Å²) < 4.78 is 6.59. The quantitative estimate of drug-likeness (QED) is 0.624. The molecule has 0 bridgehead atoms. The summed E-state index contributed by atoms with van der Waals surface area (Å²) in [5.74, 6) is 0. The Morgan fingerprint density at radius 2 is 1.75 bits per heavy atom. The highest BCUT2D eigenvalue weighted by molar-refractivity contribution is 6.85. The highest BCUT2D eigenvalue weighted by Gasteiger charge is 2.49. The van der Waals surface area contributed by atoms with Crippen LogP contribution in [0, 0.1) is 0 Å². The van der Waals surface area contributed by atoms with Crippen LogP contribution in [-0.2, 0) is 10.0 Å². The average molecular weight is 232 g/mol. The van der Waals surface area contributed by atoms with E-state index < -0.39 is 8.32 Å². The summed E-state index contributed by atoms with van der Waals surface area (Å²) >= 11 is 0. The molecule has 86 valence electrons. The Bertz CT molecular complexity index is 405. The second-order valence-corrected chi connectivity index (χ2v) is 9.48. The minimum Gasteiger partial charge on any atom is -0.403 e. The molecule has 1 saturated carbocycles. The van der Waals surface area contributed by atoms with Crippen LogP contribution < -0.4 is 5.19 Å². The van der Waals surface area contributed by atoms with Gasteiger partial charge in [0, 0.05) is 0 Å². The zero-order valence-corrected chi connectivity index (χ0v) is 11.3. The van der Waals surface area contributed by atoms with Crippen molar-refractivity contribution < 1.29 is 4.43 Å². The second-order valence-electron chi connectivity index (χ2n) is 5.71. The predicted octanol–water partition coefficient (Wildman–Crippen LogP) is 3.29. The lowest BCUT2D eigenvalue weighted by Gasteiger charge is -2.36. The molecular formula is C14H20OSi. The molecule has 0 atom stereocenters. The van der Waals surface area contributed by atoms with Gasteiger partial charge < -0.3 is 4.43 Å². The second kappa shape index (κ2) is 3.44. The maximum absolute atomic E-state index is 6.59. The standard InChI is InChI=1S/C14H20OSi/c1-16(2)13-9-5-4-8-12(13)14(15-16)10-6-3-7-11-14/h4-5,8-9H,3,6-7,10-11H2,1-2H3. The van der Waals surface area contributed by atoms with Gasteiger partial charge in [0.25, 0.3) is 0 Å². The summed E-state index contributed by atoms with van der Waals surface area (Å²) in [5.41, 5.74) is 1.62. The molecule has 1 heterocycles. The van der Waals surface area contributed by atoms with Crippen molar-refractivity contribution in [1.82, 2.24) is 0 Å². The van der Waals surface area contributed by atoms with Crippen LogP contribution in [0.4, 0.5) is 0 Å². The summed E-state index contributed by atoms with van der Waals surface area (Å²) in [6.07, 6.45) is 6.52. The van der Waals surface area contributed by atoms with E-state index in [-0.39, 0.29) is 5.60 Å². The fourth-order valence-electron chi connectivity index (χ4n) is 3.50. The predicted molar refractivity (Wildman–Crippen MR) is 69.4 cm³/mol. The van der Waals surface area contributed by atoms with Crippen molar-refractivity contribution in [2.24, 2.45) is 0 Å². The number of benzene rings is 1. The van der Waals surface area contributed by atoms with Crippen molar-refractivity contribution in [3.05, 3.63) is 29.8 Å². The Morgan fingerprint density at radius 3 is 2.50 bits per heavy atom. The third-order valence-electron chi connectivity index (χ3n) is 4.18. The van der Waals surface area contributed by atoms with Crippen LogP contribution in [0.5, 0.6) is 0 Å². The Balaban J connectivity index is 2.11. The Hall–Kier alpha value is -0.603. The molecule has 1 fully saturated rings. The number of hydrogen-bond acceptors (Lipinski definition) is 1. The zero-order valence-electron chi connectivity index (χ0n) is 10.3. The molecule has 1 aromatic carbocycles. The molecule has 16 heavy (non-hydrogen) atoms. The van der Waals surface area contributed by atoms with Crippen molar-refractivity contribution in [3.8, 4) is 0 Å². The van der Waals surface area contributed by atoms with Gasteiger partial charge in [0.15, 0.2) is 0 Å². The number of hydrogen-bond donors (Lipinski definition) is 0. The van der Waals surface area contributed by atoms with Gasteiger partial charge in [0.05, 0.1) is 5.60 Å². The molecule has 1 aliphatic carbocycles. The zero-order chi connectivity index (χ0) is 11.2. The highest BCUT2D eigenvalue weighted by atomic mass is 28.4. The SMILES string of the molecule is C[Si]1(C)OC2(CCCCC2)c2ccccc21. The molecular weight excluding hydrogens is 212 g/mol. The molecule has 0 radical (unpaired) electrons. The fraction of sp³-hybridized carbons (Fsp3) is 0.571. The molecule has 1 aliphatic heterocycles. The maximum atomic E-state index is 6.59. The van der Waals surface area contributed by atoms with Crippen molar-refractivity contribution >= 4 is 13.5 Å². The van der Waals surface area contributed by atoms with E-state index in [2.05, 4.69) is 37.4 Å². The van der Waals surface area contributed by atoms with E-state index in [1.807, 2.05) is 0 Å². The maximum Gasteiger partial charge on any atom is 0.219 e. The monoisotopic (exact) mass is 232 g/mol. The fourth-order valence-corrected chi connectivity index (χ4v) is 6.36. The number of fused-ring (bicyclic) bond motifs is 2. The van der Waals surface area contributed by atoms with Crippen LogP contribution in [-0.4, -0.2) is 8.32 Å². The summed E-state index contributed by atoms with van der Waals surface area (Å²) in [4.78, 5) is 0. The topological polar surface area (TPSA) is 9.23 Å². The van der Waals surface area contributed by atoms with Crippen LogP contribution in [0.2, 0.25) is 13.1 Å². The largest absolute Gasteiger partial charge is 0.403 e. The lowest BCUT2D eigenvalue weighted by atomic mass is 9.80. The molecule has 0 saturated heterocycles. The molecule has 0 amide bonds. The lowest BCUT2D eigenvalue weighted by Crippen LogP contribution is -2.41. The molecule has 0 unspecified atom stereocenters. The average Bonchev–Trinajstić information content (AvgIpc) is 2.50. The van der Waals surface area contributed by atoms with E-state index in [0.29, 0.717) is 0 Å². The van der Waals surface area contributed by atoms with Gasteiger partial charge >= 0.3 is 0 Å². The van der Waals surface area contributed by atoms with Crippen LogP contribution in [0.15, 0.2) is 24.3 Å². The molecule has 0 aromatic heterocycles. The summed E-state index contributed by atoms with van der Waals surface area (Å²) in [6.45, 7) is 4.68. The summed E-state index contributed by atoms with van der Waals surface area (Å²) in [5, 5.41) is 1.54. The van der Waals surface area contributed by atoms with Crippen LogP contribution in [0.3, 0.4) is 0 Å². The van der Waals surface area contributed by atoms with E-state index in [0.717, 1.165) is 0 Å². The first-order valence-electron chi connectivity index (χ1n) is 6.44. The van der Waals surface area contributed by atoms with Gasteiger partial charge in [-0.2, -0.15) is 0 Å².